The summed E-state index contributed by atoms with van der Waals surface area (Å²) < 4.78 is 10.9. The van der Waals surface area contributed by atoms with Gasteiger partial charge in [-0.05, 0) is 18.1 Å². The van der Waals surface area contributed by atoms with Gasteiger partial charge >= 0.3 is 0 Å². The van der Waals surface area contributed by atoms with Gasteiger partial charge < -0.3 is 24.6 Å². The van der Waals surface area contributed by atoms with Crippen molar-refractivity contribution in [2.45, 2.75) is 13.3 Å². The molecule has 4 rings (SSSR count). The molecule has 0 unspecified atom stereocenters. The second-order valence-electron chi connectivity index (χ2n) is 6.59. The molecule has 2 fully saturated rings. The number of aryl methyl sites for hydroxylation is 1. The SMILES string of the molecule is CCc1ccccc1Nc1nc(N2CCOCC2)nc(N2CCOCC2)n1. The van der Waals surface area contributed by atoms with Gasteiger partial charge in [-0.15, -0.1) is 0 Å². The summed E-state index contributed by atoms with van der Waals surface area (Å²) >= 11 is 0. The Morgan fingerprint density at radius 1 is 0.852 bits per heavy atom. The number of aromatic nitrogens is 3. The van der Waals surface area contributed by atoms with E-state index in [9.17, 15) is 0 Å². The summed E-state index contributed by atoms with van der Waals surface area (Å²) in [5, 5.41) is 3.40. The summed E-state index contributed by atoms with van der Waals surface area (Å²) in [6, 6.07) is 8.25. The largest absolute Gasteiger partial charge is 0.378 e. The molecule has 8 heteroatoms. The van der Waals surface area contributed by atoms with Crippen molar-refractivity contribution >= 4 is 23.5 Å². The quantitative estimate of drug-likeness (QED) is 0.855. The van der Waals surface area contributed by atoms with Crippen molar-refractivity contribution in [3.05, 3.63) is 29.8 Å². The van der Waals surface area contributed by atoms with Crippen molar-refractivity contribution in [2.75, 3.05) is 67.7 Å². The highest BCUT2D eigenvalue weighted by Crippen LogP contribution is 2.23. The van der Waals surface area contributed by atoms with Gasteiger partial charge in [0.05, 0.1) is 26.4 Å². The maximum absolute atomic E-state index is 5.47. The predicted octanol–water partition coefficient (Wildman–Crippen LogP) is 1.85. The number of hydrogen-bond donors (Lipinski definition) is 1. The standard InChI is InChI=1S/C19H26N6O2/c1-2-15-5-3-4-6-16(15)20-17-21-18(24-7-11-26-12-8-24)23-19(22-17)25-9-13-27-14-10-25/h3-6H,2,7-14H2,1H3,(H,20,21,22,23). The molecule has 3 heterocycles. The Balaban J connectivity index is 1.66. The van der Waals surface area contributed by atoms with Crippen LogP contribution in [0.2, 0.25) is 0 Å². The number of nitrogens with zero attached hydrogens (tertiary/aromatic N) is 5. The van der Waals surface area contributed by atoms with E-state index in [0.29, 0.717) is 44.3 Å². The zero-order valence-electron chi connectivity index (χ0n) is 15.7. The van der Waals surface area contributed by atoms with Gasteiger partial charge in [-0.2, -0.15) is 15.0 Å². The molecule has 0 aliphatic carbocycles. The van der Waals surface area contributed by atoms with Crippen LogP contribution in [-0.4, -0.2) is 67.6 Å². The van der Waals surface area contributed by atoms with Crippen molar-refractivity contribution in [1.29, 1.82) is 0 Å². The summed E-state index contributed by atoms with van der Waals surface area (Å²) in [5.74, 6) is 1.98. The third-order valence-electron chi connectivity index (χ3n) is 4.84. The highest BCUT2D eigenvalue weighted by molar-refractivity contribution is 5.60. The molecule has 0 saturated carbocycles. The van der Waals surface area contributed by atoms with E-state index in [-0.39, 0.29) is 0 Å². The molecular weight excluding hydrogens is 344 g/mol. The van der Waals surface area contributed by atoms with Gasteiger partial charge in [-0.1, -0.05) is 25.1 Å². The molecule has 144 valence electrons. The van der Waals surface area contributed by atoms with Crippen LogP contribution >= 0.6 is 0 Å². The van der Waals surface area contributed by atoms with Gasteiger partial charge in [0.1, 0.15) is 0 Å². The minimum absolute atomic E-state index is 0.578. The number of nitrogens with one attached hydrogen (secondary N) is 1. The van der Waals surface area contributed by atoms with Gasteiger partial charge in [0.25, 0.3) is 0 Å². The van der Waals surface area contributed by atoms with E-state index in [1.54, 1.807) is 0 Å². The van der Waals surface area contributed by atoms with Crippen LogP contribution in [0, 0.1) is 0 Å². The number of para-hydroxylation sites is 1. The van der Waals surface area contributed by atoms with E-state index >= 15 is 0 Å². The molecule has 0 bridgehead atoms. The highest BCUT2D eigenvalue weighted by Gasteiger charge is 2.21. The van der Waals surface area contributed by atoms with Gasteiger partial charge in [0, 0.05) is 31.9 Å². The molecule has 2 aliphatic rings. The molecule has 27 heavy (non-hydrogen) atoms. The molecule has 0 atom stereocenters. The average molecular weight is 370 g/mol. The van der Waals surface area contributed by atoms with Crippen molar-refractivity contribution in [1.82, 2.24) is 15.0 Å². The first-order chi connectivity index (χ1) is 13.3. The summed E-state index contributed by atoms with van der Waals surface area (Å²) in [5.41, 5.74) is 2.27. The van der Waals surface area contributed by atoms with Crippen LogP contribution < -0.4 is 15.1 Å². The summed E-state index contributed by atoms with van der Waals surface area (Å²) in [6.07, 6.45) is 0.945. The molecule has 1 aromatic heterocycles. The van der Waals surface area contributed by atoms with Gasteiger partial charge in [-0.25, -0.2) is 0 Å². The molecule has 1 aromatic carbocycles. The zero-order valence-corrected chi connectivity index (χ0v) is 15.7. The fourth-order valence-electron chi connectivity index (χ4n) is 3.29. The Morgan fingerprint density at radius 3 is 1.96 bits per heavy atom. The average Bonchev–Trinajstić information content (AvgIpc) is 2.75. The van der Waals surface area contributed by atoms with Crippen molar-refractivity contribution in [3.63, 3.8) is 0 Å². The second kappa shape index (κ2) is 8.49. The molecular formula is C19H26N6O2. The first-order valence-corrected chi connectivity index (χ1v) is 9.60. The topological polar surface area (TPSA) is 75.6 Å². The van der Waals surface area contributed by atoms with Crippen LogP contribution in [0.3, 0.4) is 0 Å². The zero-order chi connectivity index (χ0) is 18.5. The van der Waals surface area contributed by atoms with Crippen LogP contribution in [0.5, 0.6) is 0 Å². The Morgan fingerprint density at radius 2 is 1.41 bits per heavy atom. The summed E-state index contributed by atoms with van der Waals surface area (Å²) in [7, 11) is 0. The van der Waals surface area contributed by atoms with Crippen molar-refractivity contribution in [3.8, 4) is 0 Å². The van der Waals surface area contributed by atoms with E-state index < -0.39 is 0 Å². The smallest absolute Gasteiger partial charge is 0.233 e. The van der Waals surface area contributed by atoms with E-state index in [0.717, 1.165) is 38.3 Å². The highest BCUT2D eigenvalue weighted by atomic mass is 16.5. The molecule has 0 spiro atoms. The lowest BCUT2D eigenvalue weighted by Gasteiger charge is -2.30. The Bertz CT molecular complexity index is 723. The predicted molar refractivity (Wildman–Crippen MR) is 105 cm³/mol. The maximum Gasteiger partial charge on any atom is 0.233 e. The number of rotatable bonds is 5. The van der Waals surface area contributed by atoms with Gasteiger partial charge in [-0.3, -0.25) is 0 Å². The van der Waals surface area contributed by atoms with Crippen LogP contribution in [0.25, 0.3) is 0 Å². The van der Waals surface area contributed by atoms with E-state index in [1.165, 1.54) is 5.56 Å². The minimum Gasteiger partial charge on any atom is -0.378 e. The molecule has 0 radical (unpaired) electrons. The fourth-order valence-corrected chi connectivity index (χ4v) is 3.29. The van der Waals surface area contributed by atoms with Gasteiger partial charge in [0.15, 0.2) is 0 Å². The summed E-state index contributed by atoms with van der Waals surface area (Å²) in [6.45, 7) is 8.08. The number of anilines is 4. The first-order valence-electron chi connectivity index (χ1n) is 9.60. The molecule has 0 amide bonds. The number of hydrogen-bond acceptors (Lipinski definition) is 8. The van der Waals surface area contributed by atoms with Crippen LogP contribution in [-0.2, 0) is 15.9 Å². The van der Waals surface area contributed by atoms with E-state index in [4.69, 9.17) is 24.4 Å². The van der Waals surface area contributed by atoms with Crippen LogP contribution in [0.15, 0.2) is 24.3 Å². The maximum atomic E-state index is 5.47. The first kappa shape index (κ1) is 17.9. The number of benzene rings is 1. The molecule has 2 aliphatic heterocycles. The lowest BCUT2D eigenvalue weighted by atomic mass is 10.1. The Labute approximate surface area is 159 Å². The Kier molecular flexibility index (Phi) is 5.64. The molecule has 2 aromatic rings. The second-order valence-corrected chi connectivity index (χ2v) is 6.59. The normalized spacial score (nSPS) is 17.8. The molecule has 1 N–H and O–H groups in total. The van der Waals surface area contributed by atoms with Crippen LogP contribution in [0.1, 0.15) is 12.5 Å². The van der Waals surface area contributed by atoms with E-state index in [1.807, 2.05) is 6.07 Å². The third-order valence-corrected chi connectivity index (χ3v) is 4.84. The summed E-state index contributed by atoms with van der Waals surface area (Å²) in [4.78, 5) is 18.5. The van der Waals surface area contributed by atoms with Gasteiger partial charge in [0.2, 0.25) is 17.8 Å². The van der Waals surface area contributed by atoms with Crippen molar-refractivity contribution in [2.24, 2.45) is 0 Å². The number of ether oxygens (including phenoxy) is 2. The fraction of sp³-hybridized carbons (Fsp3) is 0.526. The van der Waals surface area contributed by atoms with Crippen LogP contribution in [0.4, 0.5) is 23.5 Å². The lowest BCUT2D eigenvalue weighted by molar-refractivity contribution is 0.121. The molecule has 2 saturated heterocycles. The molecule has 8 nitrogen and oxygen atoms in total. The Hall–Kier alpha value is -2.45. The monoisotopic (exact) mass is 370 g/mol. The minimum atomic E-state index is 0.578. The lowest BCUT2D eigenvalue weighted by Crippen LogP contribution is -2.40. The van der Waals surface area contributed by atoms with E-state index in [2.05, 4.69) is 40.2 Å². The third kappa shape index (κ3) is 4.28. The van der Waals surface area contributed by atoms with Crippen molar-refractivity contribution < 1.29 is 9.47 Å². The number of morpholine rings is 2.